The molecular weight excluding hydrogens is 228 g/mol. The van der Waals surface area contributed by atoms with Crippen molar-refractivity contribution in [3.8, 4) is 5.75 Å². The van der Waals surface area contributed by atoms with Gasteiger partial charge in [-0.15, -0.1) is 0 Å². The number of hydrogen-bond acceptors (Lipinski definition) is 3. The average Bonchev–Trinajstić information content (AvgIpc) is 2.57. The van der Waals surface area contributed by atoms with E-state index in [1.807, 2.05) is 24.0 Å². The van der Waals surface area contributed by atoms with Crippen molar-refractivity contribution < 1.29 is 9.90 Å². The molecule has 1 aliphatic heterocycles. The van der Waals surface area contributed by atoms with Gasteiger partial charge in [0.15, 0.2) is 0 Å². The van der Waals surface area contributed by atoms with E-state index in [-0.39, 0.29) is 11.7 Å². The molecular formula is C14H20N2O2. The van der Waals surface area contributed by atoms with Crippen molar-refractivity contribution >= 4 is 5.91 Å². The van der Waals surface area contributed by atoms with E-state index in [0.717, 1.165) is 38.2 Å². The second kappa shape index (κ2) is 5.40. The van der Waals surface area contributed by atoms with E-state index in [0.29, 0.717) is 5.56 Å². The Hall–Kier alpha value is -1.55. The minimum atomic E-state index is -0.0634. The second-order valence-corrected chi connectivity index (χ2v) is 4.92. The van der Waals surface area contributed by atoms with Gasteiger partial charge in [0.1, 0.15) is 5.75 Å². The van der Waals surface area contributed by atoms with E-state index in [9.17, 15) is 9.90 Å². The zero-order chi connectivity index (χ0) is 13.1. The molecule has 0 unspecified atom stereocenters. The highest BCUT2D eigenvalue weighted by Gasteiger charge is 2.21. The Labute approximate surface area is 108 Å². The summed E-state index contributed by atoms with van der Waals surface area (Å²) in [6.07, 6.45) is 0.981. The fraction of sp³-hybridized carbons (Fsp3) is 0.500. The topological polar surface area (TPSA) is 43.8 Å². The highest BCUT2D eigenvalue weighted by molar-refractivity contribution is 5.97. The van der Waals surface area contributed by atoms with Crippen LogP contribution in [0, 0.1) is 6.92 Å². The monoisotopic (exact) mass is 248 g/mol. The summed E-state index contributed by atoms with van der Waals surface area (Å²) in [4.78, 5) is 16.4. The Kier molecular flexibility index (Phi) is 3.87. The number of aryl methyl sites for hydroxylation is 1. The van der Waals surface area contributed by atoms with Gasteiger partial charge in [0, 0.05) is 19.6 Å². The molecule has 0 bridgehead atoms. The molecule has 1 amide bonds. The molecule has 1 aliphatic rings. The van der Waals surface area contributed by atoms with Crippen molar-refractivity contribution in [2.75, 3.05) is 33.2 Å². The van der Waals surface area contributed by atoms with Gasteiger partial charge in [-0.25, -0.2) is 0 Å². The van der Waals surface area contributed by atoms with Crippen molar-refractivity contribution in [1.82, 2.24) is 9.80 Å². The molecule has 1 aromatic carbocycles. The third kappa shape index (κ3) is 2.64. The van der Waals surface area contributed by atoms with E-state index in [2.05, 4.69) is 11.9 Å². The summed E-state index contributed by atoms with van der Waals surface area (Å²) in [6, 6.07) is 5.31. The van der Waals surface area contributed by atoms with Gasteiger partial charge in [-0.1, -0.05) is 12.1 Å². The molecule has 0 spiro atoms. The van der Waals surface area contributed by atoms with Crippen LogP contribution in [0.5, 0.6) is 5.75 Å². The largest absolute Gasteiger partial charge is 0.507 e. The number of rotatable bonds is 1. The van der Waals surface area contributed by atoms with Crippen molar-refractivity contribution in [2.24, 2.45) is 0 Å². The first-order valence-electron chi connectivity index (χ1n) is 6.36. The molecule has 0 radical (unpaired) electrons. The zero-order valence-electron chi connectivity index (χ0n) is 11.0. The fourth-order valence-electron chi connectivity index (χ4n) is 2.25. The van der Waals surface area contributed by atoms with Crippen molar-refractivity contribution in [2.45, 2.75) is 13.3 Å². The summed E-state index contributed by atoms with van der Waals surface area (Å²) in [5.74, 6) is 0.0478. The normalized spacial score (nSPS) is 17.6. The average molecular weight is 248 g/mol. The van der Waals surface area contributed by atoms with E-state index in [4.69, 9.17) is 0 Å². The number of amides is 1. The maximum Gasteiger partial charge on any atom is 0.257 e. The number of nitrogens with zero attached hydrogens (tertiary/aromatic N) is 2. The third-order valence-corrected chi connectivity index (χ3v) is 3.47. The quantitative estimate of drug-likeness (QED) is 0.818. The molecule has 0 atom stereocenters. The molecule has 18 heavy (non-hydrogen) atoms. The van der Waals surface area contributed by atoms with E-state index in [1.54, 1.807) is 6.07 Å². The molecule has 2 rings (SSSR count). The van der Waals surface area contributed by atoms with Crippen LogP contribution >= 0.6 is 0 Å². The SMILES string of the molecule is Cc1cccc(C(=O)N2CCCN(C)CC2)c1O. The first kappa shape index (κ1) is 12.9. The highest BCUT2D eigenvalue weighted by Crippen LogP contribution is 2.23. The molecule has 1 saturated heterocycles. The highest BCUT2D eigenvalue weighted by atomic mass is 16.3. The molecule has 4 nitrogen and oxygen atoms in total. The Morgan fingerprint density at radius 2 is 2.00 bits per heavy atom. The van der Waals surface area contributed by atoms with E-state index in [1.165, 1.54) is 0 Å². The summed E-state index contributed by atoms with van der Waals surface area (Å²) in [5, 5.41) is 9.96. The van der Waals surface area contributed by atoms with Gasteiger partial charge in [0.2, 0.25) is 0 Å². The van der Waals surface area contributed by atoms with Crippen molar-refractivity contribution in [1.29, 1.82) is 0 Å². The third-order valence-electron chi connectivity index (χ3n) is 3.47. The summed E-state index contributed by atoms with van der Waals surface area (Å²) in [6.45, 7) is 5.20. The summed E-state index contributed by atoms with van der Waals surface area (Å²) in [7, 11) is 2.07. The van der Waals surface area contributed by atoms with Crippen LogP contribution in [0.4, 0.5) is 0 Å². The van der Waals surface area contributed by atoms with Crippen LogP contribution in [0.15, 0.2) is 18.2 Å². The lowest BCUT2D eigenvalue weighted by atomic mass is 10.1. The number of para-hydroxylation sites is 1. The first-order valence-corrected chi connectivity index (χ1v) is 6.36. The van der Waals surface area contributed by atoms with Crippen LogP contribution in [0.1, 0.15) is 22.3 Å². The number of carbonyl (C=O) groups excluding carboxylic acids is 1. The molecule has 0 aliphatic carbocycles. The number of benzene rings is 1. The van der Waals surface area contributed by atoms with Crippen LogP contribution in [0.25, 0.3) is 0 Å². The van der Waals surface area contributed by atoms with Crippen LogP contribution < -0.4 is 0 Å². The van der Waals surface area contributed by atoms with Gasteiger partial charge < -0.3 is 14.9 Å². The second-order valence-electron chi connectivity index (χ2n) is 4.92. The number of carbonyl (C=O) groups is 1. The molecule has 4 heteroatoms. The minimum Gasteiger partial charge on any atom is -0.507 e. The van der Waals surface area contributed by atoms with Gasteiger partial charge in [0.05, 0.1) is 5.56 Å². The Morgan fingerprint density at radius 1 is 1.22 bits per heavy atom. The number of likely N-dealkylation sites (N-methyl/N-ethyl adjacent to an activating group) is 1. The maximum atomic E-state index is 12.4. The standard InChI is InChI=1S/C14H20N2O2/c1-11-5-3-6-12(13(11)17)14(18)16-8-4-7-15(2)9-10-16/h3,5-6,17H,4,7-10H2,1-2H3. The molecule has 1 aromatic rings. The molecule has 1 fully saturated rings. The number of phenolic OH excluding ortho intramolecular Hbond substituents is 1. The minimum absolute atomic E-state index is 0.0634. The summed E-state index contributed by atoms with van der Waals surface area (Å²) < 4.78 is 0. The van der Waals surface area contributed by atoms with Gasteiger partial charge in [-0.2, -0.15) is 0 Å². The van der Waals surface area contributed by atoms with Gasteiger partial charge in [0.25, 0.3) is 5.91 Å². The van der Waals surface area contributed by atoms with E-state index < -0.39 is 0 Å². The predicted octanol–water partition coefficient (Wildman–Crippen LogP) is 1.48. The van der Waals surface area contributed by atoms with Crippen LogP contribution in [0.3, 0.4) is 0 Å². The van der Waals surface area contributed by atoms with Crippen LogP contribution in [0.2, 0.25) is 0 Å². The van der Waals surface area contributed by atoms with Crippen molar-refractivity contribution in [3.05, 3.63) is 29.3 Å². The van der Waals surface area contributed by atoms with E-state index >= 15 is 0 Å². The molecule has 98 valence electrons. The summed E-state index contributed by atoms with van der Waals surface area (Å²) >= 11 is 0. The Balaban J connectivity index is 2.18. The van der Waals surface area contributed by atoms with Crippen LogP contribution in [-0.2, 0) is 0 Å². The van der Waals surface area contributed by atoms with Gasteiger partial charge in [-0.3, -0.25) is 4.79 Å². The lowest BCUT2D eigenvalue weighted by Crippen LogP contribution is -2.34. The number of phenols is 1. The zero-order valence-corrected chi connectivity index (χ0v) is 11.0. The predicted molar refractivity (Wildman–Crippen MR) is 70.9 cm³/mol. The van der Waals surface area contributed by atoms with Crippen molar-refractivity contribution in [3.63, 3.8) is 0 Å². The lowest BCUT2D eigenvalue weighted by Gasteiger charge is -2.21. The van der Waals surface area contributed by atoms with Gasteiger partial charge in [-0.05, 0) is 38.6 Å². The molecule has 0 saturated carbocycles. The number of aromatic hydroxyl groups is 1. The fourth-order valence-corrected chi connectivity index (χ4v) is 2.25. The molecule has 0 aromatic heterocycles. The molecule has 1 heterocycles. The smallest absolute Gasteiger partial charge is 0.257 e. The molecule has 1 N–H and O–H groups in total. The Bertz CT molecular complexity index is 445. The maximum absolute atomic E-state index is 12.4. The van der Waals surface area contributed by atoms with Gasteiger partial charge >= 0.3 is 0 Å². The van der Waals surface area contributed by atoms with Crippen LogP contribution in [-0.4, -0.2) is 54.0 Å². The summed E-state index contributed by atoms with van der Waals surface area (Å²) in [5.41, 5.74) is 1.16. The lowest BCUT2D eigenvalue weighted by molar-refractivity contribution is 0.0759. The first-order chi connectivity index (χ1) is 8.59. The Morgan fingerprint density at radius 3 is 2.78 bits per heavy atom. The number of hydrogen-bond donors (Lipinski definition) is 1.